The summed E-state index contributed by atoms with van der Waals surface area (Å²) in [7, 11) is 0. The van der Waals surface area contributed by atoms with Gasteiger partial charge in [0.15, 0.2) is 0 Å². The van der Waals surface area contributed by atoms with Crippen LogP contribution in [0, 0.1) is 5.82 Å². The summed E-state index contributed by atoms with van der Waals surface area (Å²) in [5.41, 5.74) is 9.40. The first-order valence-electron chi connectivity index (χ1n) is 7.99. The molecule has 1 aliphatic carbocycles. The predicted octanol–water partition coefficient (Wildman–Crippen LogP) is 3.06. The summed E-state index contributed by atoms with van der Waals surface area (Å²) in [6.45, 7) is 1.96. The van der Waals surface area contributed by atoms with E-state index in [9.17, 15) is 9.18 Å². The lowest BCUT2D eigenvalue weighted by Gasteiger charge is -2.22. The SMILES string of the molecule is CC[C@H](C(=O)N[C@@H]1Cc2ccccc2[C@H]1N)c1ccc(F)cc1. The van der Waals surface area contributed by atoms with Crippen LogP contribution in [-0.4, -0.2) is 11.9 Å². The first-order chi connectivity index (χ1) is 11.1. The van der Waals surface area contributed by atoms with Crippen molar-refractivity contribution in [2.24, 2.45) is 5.73 Å². The quantitative estimate of drug-likeness (QED) is 0.911. The van der Waals surface area contributed by atoms with Crippen LogP contribution in [0.25, 0.3) is 0 Å². The molecule has 0 aliphatic heterocycles. The zero-order valence-electron chi connectivity index (χ0n) is 13.1. The molecule has 1 amide bonds. The Morgan fingerprint density at radius 1 is 1.26 bits per heavy atom. The van der Waals surface area contributed by atoms with Crippen molar-refractivity contribution >= 4 is 5.91 Å². The molecule has 0 radical (unpaired) electrons. The van der Waals surface area contributed by atoms with E-state index >= 15 is 0 Å². The highest BCUT2D eigenvalue weighted by molar-refractivity contribution is 5.84. The van der Waals surface area contributed by atoms with Gasteiger partial charge in [-0.3, -0.25) is 4.79 Å². The Balaban J connectivity index is 1.72. The van der Waals surface area contributed by atoms with Gasteiger partial charge in [0.25, 0.3) is 0 Å². The molecule has 0 heterocycles. The number of carbonyl (C=O) groups excluding carboxylic acids is 1. The van der Waals surface area contributed by atoms with Gasteiger partial charge in [-0.2, -0.15) is 0 Å². The largest absolute Gasteiger partial charge is 0.351 e. The van der Waals surface area contributed by atoms with Gasteiger partial charge in [0.2, 0.25) is 5.91 Å². The second-order valence-electron chi connectivity index (χ2n) is 6.06. The molecule has 2 aromatic rings. The Morgan fingerprint density at radius 2 is 1.96 bits per heavy atom. The third-order valence-electron chi connectivity index (χ3n) is 4.61. The number of nitrogens with one attached hydrogen (secondary N) is 1. The van der Waals surface area contributed by atoms with E-state index in [2.05, 4.69) is 11.4 Å². The zero-order chi connectivity index (χ0) is 16.4. The van der Waals surface area contributed by atoms with Crippen molar-refractivity contribution in [1.29, 1.82) is 0 Å². The molecular weight excluding hydrogens is 291 g/mol. The van der Waals surface area contributed by atoms with Crippen LogP contribution in [0.4, 0.5) is 4.39 Å². The third kappa shape index (κ3) is 3.13. The highest BCUT2D eigenvalue weighted by atomic mass is 19.1. The van der Waals surface area contributed by atoms with Gasteiger partial charge < -0.3 is 11.1 Å². The number of nitrogens with two attached hydrogens (primary N) is 1. The smallest absolute Gasteiger partial charge is 0.227 e. The number of benzene rings is 2. The minimum atomic E-state index is -0.294. The summed E-state index contributed by atoms with van der Waals surface area (Å²) in [5, 5.41) is 3.08. The lowest BCUT2D eigenvalue weighted by Crippen LogP contribution is -2.42. The van der Waals surface area contributed by atoms with Gasteiger partial charge in [-0.25, -0.2) is 4.39 Å². The van der Waals surface area contributed by atoms with Crippen LogP contribution in [0.5, 0.6) is 0 Å². The molecule has 0 saturated carbocycles. The predicted molar refractivity (Wildman–Crippen MR) is 88.4 cm³/mol. The number of halogens is 1. The van der Waals surface area contributed by atoms with E-state index in [1.807, 2.05) is 25.1 Å². The van der Waals surface area contributed by atoms with Crippen LogP contribution in [0.15, 0.2) is 48.5 Å². The maximum Gasteiger partial charge on any atom is 0.227 e. The number of fused-ring (bicyclic) bond motifs is 1. The third-order valence-corrected chi connectivity index (χ3v) is 4.61. The molecule has 0 unspecified atom stereocenters. The summed E-state index contributed by atoms with van der Waals surface area (Å²) in [5.74, 6) is -0.629. The maximum absolute atomic E-state index is 13.1. The summed E-state index contributed by atoms with van der Waals surface area (Å²) in [6.07, 6.45) is 1.41. The Kier molecular flexibility index (Phi) is 4.44. The van der Waals surface area contributed by atoms with Gasteiger partial charge in [0.05, 0.1) is 18.0 Å². The first-order valence-corrected chi connectivity index (χ1v) is 7.99. The topological polar surface area (TPSA) is 55.1 Å². The molecule has 3 atom stereocenters. The second kappa shape index (κ2) is 6.50. The molecule has 2 aromatic carbocycles. The van der Waals surface area contributed by atoms with E-state index in [1.165, 1.54) is 17.7 Å². The summed E-state index contributed by atoms with van der Waals surface area (Å²) in [6, 6.07) is 13.9. The molecule has 3 nitrogen and oxygen atoms in total. The van der Waals surface area contributed by atoms with E-state index in [0.29, 0.717) is 6.42 Å². The van der Waals surface area contributed by atoms with E-state index in [4.69, 9.17) is 5.73 Å². The first kappa shape index (κ1) is 15.7. The molecule has 0 aromatic heterocycles. The lowest BCUT2D eigenvalue weighted by molar-refractivity contribution is -0.123. The summed E-state index contributed by atoms with van der Waals surface area (Å²) < 4.78 is 13.1. The van der Waals surface area contributed by atoms with Crippen molar-refractivity contribution in [3.8, 4) is 0 Å². The number of hydrogen-bond donors (Lipinski definition) is 2. The van der Waals surface area contributed by atoms with E-state index in [0.717, 1.165) is 17.5 Å². The van der Waals surface area contributed by atoms with Crippen molar-refractivity contribution in [2.45, 2.75) is 37.8 Å². The molecular formula is C19H21FN2O. The Hall–Kier alpha value is -2.20. The minimum Gasteiger partial charge on any atom is -0.351 e. The van der Waals surface area contributed by atoms with Crippen LogP contribution >= 0.6 is 0 Å². The number of amides is 1. The summed E-state index contributed by atoms with van der Waals surface area (Å²) in [4.78, 5) is 12.7. The van der Waals surface area contributed by atoms with Crippen LogP contribution < -0.4 is 11.1 Å². The highest BCUT2D eigenvalue weighted by Gasteiger charge is 2.32. The van der Waals surface area contributed by atoms with E-state index in [1.54, 1.807) is 12.1 Å². The number of hydrogen-bond acceptors (Lipinski definition) is 2. The monoisotopic (exact) mass is 312 g/mol. The average molecular weight is 312 g/mol. The maximum atomic E-state index is 13.1. The van der Waals surface area contributed by atoms with Crippen LogP contribution in [-0.2, 0) is 11.2 Å². The summed E-state index contributed by atoms with van der Waals surface area (Å²) >= 11 is 0. The normalized spacial score (nSPS) is 20.8. The van der Waals surface area contributed by atoms with Crippen molar-refractivity contribution in [2.75, 3.05) is 0 Å². The fourth-order valence-corrected chi connectivity index (χ4v) is 3.32. The van der Waals surface area contributed by atoms with Crippen LogP contribution in [0.2, 0.25) is 0 Å². The molecule has 3 rings (SSSR count). The molecule has 23 heavy (non-hydrogen) atoms. The van der Waals surface area contributed by atoms with Gasteiger partial charge in [-0.05, 0) is 41.7 Å². The lowest BCUT2D eigenvalue weighted by atomic mass is 9.95. The fourth-order valence-electron chi connectivity index (χ4n) is 3.32. The molecule has 0 saturated heterocycles. The van der Waals surface area contributed by atoms with Gasteiger partial charge in [0.1, 0.15) is 5.82 Å². The Labute approximate surface area is 135 Å². The van der Waals surface area contributed by atoms with Crippen molar-refractivity contribution in [3.63, 3.8) is 0 Å². The minimum absolute atomic E-state index is 0.0487. The molecule has 4 heteroatoms. The zero-order valence-corrected chi connectivity index (χ0v) is 13.1. The number of carbonyl (C=O) groups is 1. The van der Waals surface area contributed by atoms with Crippen LogP contribution in [0.1, 0.15) is 42.0 Å². The second-order valence-corrected chi connectivity index (χ2v) is 6.06. The van der Waals surface area contributed by atoms with Gasteiger partial charge >= 0.3 is 0 Å². The average Bonchev–Trinajstić information content (AvgIpc) is 2.86. The highest BCUT2D eigenvalue weighted by Crippen LogP contribution is 2.30. The molecule has 0 bridgehead atoms. The Bertz CT molecular complexity index is 699. The van der Waals surface area contributed by atoms with Gasteiger partial charge in [-0.1, -0.05) is 43.3 Å². The molecule has 0 fully saturated rings. The van der Waals surface area contributed by atoms with Crippen molar-refractivity contribution in [1.82, 2.24) is 5.32 Å². The van der Waals surface area contributed by atoms with Crippen molar-refractivity contribution in [3.05, 3.63) is 71.0 Å². The molecule has 0 spiro atoms. The van der Waals surface area contributed by atoms with E-state index in [-0.39, 0.29) is 29.7 Å². The van der Waals surface area contributed by atoms with Gasteiger partial charge in [0, 0.05) is 0 Å². The molecule has 3 N–H and O–H groups in total. The van der Waals surface area contributed by atoms with Crippen molar-refractivity contribution < 1.29 is 9.18 Å². The molecule has 1 aliphatic rings. The fraction of sp³-hybridized carbons (Fsp3) is 0.316. The molecule has 120 valence electrons. The standard InChI is InChI=1S/C19H21FN2O/c1-2-15(12-7-9-14(20)10-8-12)19(23)22-17-11-13-5-3-4-6-16(13)18(17)21/h3-10,15,17-18H,2,11,21H2,1H3,(H,22,23)/t15-,17+,18+/m0/s1. The Morgan fingerprint density at radius 3 is 2.61 bits per heavy atom. The van der Waals surface area contributed by atoms with Crippen LogP contribution in [0.3, 0.4) is 0 Å². The van der Waals surface area contributed by atoms with Gasteiger partial charge in [-0.15, -0.1) is 0 Å². The number of rotatable bonds is 4. The van der Waals surface area contributed by atoms with E-state index < -0.39 is 0 Å².